The zero-order valence-corrected chi connectivity index (χ0v) is 12.1. The van der Waals surface area contributed by atoms with E-state index in [0.717, 1.165) is 25.0 Å². The van der Waals surface area contributed by atoms with Gasteiger partial charge in [0.25, 0.3) is 0 Å². The lowest BCUT2D eigenvalue weighted by Gasteiger charge is -2.29. The van der Waals surface area contributed by atoms with E-state index in [1.54, 1.807) is 0 Å². The second kappa shape index (κ2) is 7.17. The lowest BCUT2D eigenvalue weighted by Crippen LogP contribution is -2.40. The summed E-state index contributed by atoms with van der Waals surface area (Å²) >= 11 is 1.91. The molecule has 0 aromatic heterocycles. The maximum atomic E-state index is 5.92. The first kappa shape index (κ1) is 13.9. The number of thioether (sulfide) groups is 1. The Kier molecular flexibility index (Phi) is 5.54. The number of hydrogen-bond donors (Lipinski definition) is 1. The van der Waals surface area contributed by atoms with E-state index in [-0.39, 0.29) is 0 Å². The van der Waals surface area contributed by atoms with Crippen LogP contribution in [-0.2, 0) is 6.42 Å². The molecule has 3 heteroatoms. The molecule has 0 saturated carbocycles. The molecule has 18 heavy (non-hydrogen) atoms. The normalized spacial score (nSPS) is 18.1. The maximum Gasteiger partial charge on any atom is 0.00720 e. The van der Waals surface area contributed by atoms with Crippen LogP contribution in [-0.4, -0.2) is 36.3 Å². The Morgan fingerprint density at radius 1 is 1.22 bits per heavy atom. The monoisotopic (exact) mass is 264 g/mol. The average Bonchev–Trinajstić information content (AvgIpc) is 2.40. The number of benzene rings is 1. The Balaban J connectivity index is 1.76. The van der Waals surface area contributed by atoms with Gasteiger partial charge in [-0.2, -0.15) is 0 Å². The van der Waals surface area contributed by atoms with E-state index in [0.29, 0.717) is 6.04 Å². The average molecular weight is 264 g/mol. The van der Waals surface area contributed by atoms with Crippen LogP contribution in [0.4, 0.5) is 0 Å². The molecule has 1 aliphatic rings. The Hall–Kier alpha value is -0.510. The Bertz CT molecular complexity index is 342. The molecular weight excluding hydrogens is 240 g/mol. The van der Waals surface area contributed by atoms with Gasteiger partial charge in [-0.25, -0.2) is 0 Å². The van der Waals surface area contributed by atoms with Crippen LogP contribution >= 0.6 is 11.8 Å². The third-order valence-electron chi connectivity index (χ3n) is 3.58. The fourth-order valence-electron chi connectivity index (χ4n) is 2.38. The largest absolute Gasteiger partial charge is 0.328 e. The van der Waals surface area contributed by atoms with Crippen molar-refractivity contribution in [1.82, 2.24) is 4.90 Å². The minimum atomic E-state index is 0.437. The zero-order chi connectivity index (χ0) is 12.8. The third-order valence-corrected chi connectivity index (χ3v) is 4.48. The van der Waals surface area contributed by atoms with E-state index in [9.17, 15) is 0 Å². The van der Waals surface area contributed by atoms with Crippen molar-refractivity contribution in [3.05, 3.63) is 29.8 Å². The van der Waals surface area contributed by atoms with Gasteiger partial charge < -0.3 is 10.6 Å². The second-order valence-electron chi connectivity index (χ2n) is 5.01. The van der Waals surface area contributed by atoms with E-state index >= 15 is 0 Å². The predicted molar refractivity (Wildman–Crippen MR) is 80.2 cm³/mol. The fraction of sp³-hybridized carbons (Fsp3) is 0.600. The summed E-state index contributed by atoms with van der Waals surface area (Å²) in [5.74, 6) is 1.15. The molecule has 2 N–H and O–H groups in total. The highest BCUT2D eigenvalue weighted by Gasteiger charge is 2.15. The van der Waals surface area contributed by atoms with Gasteiger partial charge in [0, 0.05) is 17.5 Å². The molecule has 0 atom stereocenters. The van der Waals surface area contributed by atoms with Crippen molar-refractivity contribution in [1.29, 1.82) is 0 Å². The number of rotatable bonds is 5. The van der Waals surface area contributed by atoms with Crippen molar-refractivity contribution in [3.8, 4) is 0 Å². The molecule has 0 radical (unpaired) electrons. The van der Waals surface area contributed by atoms with Gasteiger partial charge >= 0.3 is 0 Å². The number of hydrogen-bond acceptors (Lipinski definition) is 3. The summed E-state index contributed by atoms with van der Waals surface area (Å²) in [4.78, 5) is 3.92. The van der Waals surface area contributed by atoms with Crippen LogP contribution in [0.15, 0.2) is 29.2 Å². The molecular formula is C15H24N2S. The first-order valence-corrected chi connectivity index (χ1v) is 7.96. The van der Waals surface area contributed by atoms with Gasteiger partial charge in [0.1, 0.15) is 0 Å². The molecule has 1 aromatic rings. The summed E-state index contributed by atoms with van der Waals surface area (Å²) < 4.78 is 0. The van der Waals surface area contributed by atoms with Gasteiger partial charge in [-0.15, -0.1) is 11.8 Å². The number of nitrogens with two attached hydrogens (primary N) is 1. The third kappa shape index (κ3) is 4.30. The van der Waals surface area contributed by atoms with Crippen LogP contribution in [0.2, 0.25) is 0 Å². The molecule has 0 spiro atoms. The van der Waals surface area contributed by atoms with E-state index < -0.39 is 0 Å². The topological polar surface area (TPSA) is 29.3 Å². The van der Waals surface area contributed by atoms with E-state index in [4.69, 9.17) is 5.73 Å². The summed E-state index contributed by atoms with van der Waals surface area (Å²) in [7, 11) is 0. The molecule has 0 amide bonds. The number of nitrogens with zero attached hydrogens (tertiary/aromatic N) is 1. The van der Waals surface area contributed by atoms with Crippen LogP contribution in [0.5, 0.6) is 0 Å². The SMILES string of the molecule is CCSc1ccc(CCN2CCC(N)CC2)cc1. The van der Waals surface area contributed by atoms with Gasteiger partial charge in [-0.05, 0) is 55.8 Å². The minimum Gasteiger partial charge on any atom is -0.328 e. The van der Waals surface area contributed by atoms with Crippen LogP contribution in [0, 0.1) is 0 Å². The highest BCUT2D eigenvalue weighted by atomic mass is 32.2. The van der Waals surface area contributed by atoms with Crippen LogP contribution in [0.3, 0.4) is 0 Å². The maximum absolute atomic E-state index is 5.92. The summed E-state index contributed by atoms with van der Waals surface area (Å²) in [6, 6.07) is 9.47. The van der Waals surface area contributed by atoms with Gasteiger partial charge in [0.2, 0.25) is 0 Å². The molecule has 1 aromatic carbocycles. The van der Waals surface area contributed by atoms with Crippen molar-refractivity contribution in [2.75, 3.05) is 25.4 Å². The number of piperidine rings is 1. The molecule has 0 aliphatic carbocycles. The zero-order valence-electron chi connectivity index (χ0n) is 11.3. The Morgan fingerprint density at radius 2 is 1.89 bits per heavy atom. The molecule has 0 bridgehead atoms. The van der Waals surface area contributed by atoms with Gasteiger partial charge in [0.05, 0.1) is 0 Å². The smallest absolute Gasteiger partial charge is 0.00720 e. The quantitative estimate of drug-likeness (QED) is 0.829. The molecule has 0 unspecified atom stereocenters. The first-order valence-electron chi connectivity index (χ1n) is 6.97. The molecule has 100 valence electrons. The fourth-order valence-corrected chi connectivity index (χ4v) is 3.04. The molecule has 1 aliphatic heterocycles. The van der Waals surface area contributed by atoms with Gasteiger partial charge in [0.15, 0.2) is 0 Å². The predicted octanol–water partition coefficient (Wildman–Crippen LogP) is 2.76. The molecule has 2 nitrogen and oxygen atoms in total. The summed E-state index contributed by atoms with van der Waals surface area (Å²) in [6.45, 7) is 5.71. The lowest BCUT2D eigenvalue weighted by molar-refractivity contribution is 0.215. The van der Waals surface area contributed by atoms with E-state index in [1.807, 2.05) is 11.8 Å². The van der Waals surface area contributed by atoms with Crippen molar-refractivity contribution in [2.45, 2.75) is 37.1 Å². The second-order valence-corrected chi connectivity index (χ2v) is 6.34. The van der Waals surface area contributed by atoms with Gasteiger partial charge in [-0.1, -0.05) is 19.1 Å². The lowest BCUT2D eigenvalue weighted by atomic mass is 10.1. The van der Waals surface area contributed by atoms with E-state index in [2.05, 4.69) is 36.1 Å². The summed E-state index contributed by atoms with van der Waals surface area (Å²) in [5, 5.41) is 0. The van der Waals surface area contributed by atoms with E-state index in [1.165, 1.54) is 30.1 Å². The van der Waals surface area contributed by atoms with Crippen LogP contribution in [0.25, 0.3) is 0 Å². The van der Waals surface area contributed by atoms with Crippen molar-refractivity contribution < 1.29 is 0 Å². The summed E-state index contributed by atoms with van der Waals surface area (Å²) in [6.07, 6.45) is 3.48. The van der Waals surface area contributed by atoms with Crippen molar-refractivity contribution in [2.24, 2.45) is 5.73 Å². The van der Waals surface area contributed by atoms with Crippen molar-refractivity contribution >= 4 is 11.8 Å². The van der Waals surface area contributed by atoms with Crippen LogP contribution in [0.1, 0.15) is 25.3 Å². The molecule has 1 heterocycles. The molecule has 1 fully saturated rings. The first-order chi connectivity index (χ1) is 8.78. The van der Waals surface area contributed by atoms with Crippen LogP contribution < -0.4 is 5.73 Å². The minimum absolute atomic E-state index is 0.437. The molecule has 2 rings (SSSR count). The number of likely N-dealkylation sites (tertiary alicyclic amines) is 1. The molecule has 1 saturated heterocycles. The van der Waals surface area contributed by atoms with Crippen molar-refractivity contribution in [3.63, 3.8) is 0 Å². The standard InChI is InChI=1S/C15H24N2S/c1-2-18-15-5-3-13(4-6-15)7-10-17-11-8-14(16)9-12-17/h3-6,14H,2,7-12,16H2,1H3. The highest BCUT2D eigenvalue weighted by Crippen LogP contribution is 2.18. The Morgan fingerprint density at radius 3 is 2.50 bits per heavy atom. The Labute approximate surface area is 115 Å². The summed E-state index contributed by atoms with van der Waals surface area (Å²) in [5.41, 5.74) is 7.37. The van der Waals surface area contributed by atoms with Gasteiger partial charge in [-0.3, -0.25) is 0 Å². The highest BCUT2D eigenvalue weighted by molar-refractivity contribution is 7.99.